The summed E-state index contributed by atoms with van der Waals surface area (Å²) in [5.74, 6) is -1.03. The van der Waals surface area contributed by atoms with E-state index in [0.717, 1.165) is 21.6 Å². The Labute approximate surface area is 160 Å². The molecule has 27 heavy (non-hydrogen) atoms. The zero-order chi connectivity index (χ0) is 19.0. The molecule has 1 aliphatic rings. The Kier molecular flexibility index (Phi) is 4.49. The molecular weight excluding hydrogens is 363 g/mol. The highest BCUT2D eigenvalue weighted by Gasteiger charge is 2.34. The number of thiophene rings is 1. The van der Waals surface area contributed by atoms with E-state index in [0.29, 0.717) is 17.8 Å². The van der Waals surface area contributed by atoms with Gasteiger partial charge in [-0.05, 0) is 41.0 Å². The van der Waals surface area contributed by atoms with Crippen LogP contribution in [0.1, 0.15) is 20.8 Å². The van der Waals surface area contributed by atoms with Gasteiger partial charge in [0.25, 0.3) is 5.91 Å². The number of rotatable bonds is 3. The fourth-order valence-electron chi connectivity index (χ4n) is 3.35. The lowest BCUT2D eigenvalue weighted by Gasteiger charge is -2.34. The number of fused-ring (bicyclic) bond motifs is 1. The molecule has 2 amide bonds. The molecule has 0 unspecified atom stereocenters. The number of carbonyl (C=O) groups excluding carboxylic acids is 2. The Morgan fingerprint density at radius 2 is 1.70 bits per heavy atom. The standard InChI is InChI=1S/C21H17FN2O2S/c22-16-7-5-13(6-8-16)18-9-10-19(27-18)21(26)24-12-15-4-2-1-3-14(15)11-17(24)20(23)25/h1-10,17H,11-12H2,(H2,23,25)/t17-/m0/s1. The van der Waals surface area contributed by atoms with E-state index in [1.807, 2.05) is 30.3 Å². The molecule has 0 saturated heterocycles. The van der Waals surface area contributed by atoms with Gasteiger partial charge in [-0.25, -0.2) is 4.39 Å². The third-order valence-electron chi connectivity index (χ3n) is 4.78. The van der Waals surface area contributed by atoms with Crippen LogP contribution in [0.25, 0.3) is 10.4 Å². The number of benzene rings is 2. The SMILES string of the molecule is NC(=O)[C@@H]1Cc2ccccc2CN1C(=O)c1ccc(-c2ccc(F)cc2)s1. The van der Waals surface area contributed by atoms with Gasteiger partial charge in [-0.1, -0.05) is 36.4 Å². The van der Waals surface area contributed by atoms with E-state index in [9.17, 15) is 14.0 Å². The minimum absolute atomic E-state index is 0.216. The zero-order valence-corrected chi connectivity index (χ0v) is 15.2. The first kappa shape index (κ1) is 17.4. The van der Waals surface area contributed by atoms with E-state index < -0.39 is 11.9 Å². The van der Waals surface area contributed by atoms with Crippen molar-refractivity contribution >= 4 is 23.2 Å². The molecule has 1 aliphatic heterocycles. The Morgan fingerprint density at radius 3 is 2.41 bits per heavy atom. The van der Waals surface area contributed by atoms with Crippen LogP contribution >= 0.6 is 11.3 Å². The Bertz CT molecular complexity index is 1010. The van der Waals surface area contributed by atoms with Crippen molar-refractivity contribution in [3.8, 4) is 10.4 Å². The summed E-state index contributed by atoms with van der Waals surface area (Å²) in [7, 11) is 0. The van der Waals surface area contributed by atoms with Crippen LogP contribution in [-0.2, 0) is 17.8 Å². The molecule has 0 fully saturated rings. The second-order valence-electron chi connectivity index (χ2n) is 6.49. The maximum absolute atomic E-state index is 13.1. The summed E-state index contributed by atoms with van der Waals surface area (Å²) in [6, 6.07) is 16.8. The highest BCUT2D eigenvalue weighted by molar-refractivity contribution is 7.17. The van der Waals surface area contributed by atoms with Gasteiger partial charge in [0.05, 0.1) is 4.88 Å². The second kappa shape index (κ2) is 6.96. The van der Waals surface area contributed by atoms with E-state index in [-0.39, 0.29) is 11.7 Å². The number of hydrogen-bond donors (Lipinski definition) is 1. The first-order valence-electron chi connectivity index (χ1n) is 8.56. The molecule has 0 spiro atoms. The normalized spacial score (nSPS) is 16.0. The van der Waals surface area contributed by atoms with Gasteiger partial charge in [0.15, 0.2) is 0 Å². The van der Waals surface area contributed by atoms with Crippen LogP contribution in [0.15, 0.2) is 60.7 Å². The van der Waals surface area contributed by atoms with Gasteiger partial charge in [0.2, 0.25) is 5.91 Å². The van der Waals surface area contributed by atoms with Gasteiger partial charge in [-0.2, -0.15) is 0 Å². The fourth-order valence-corrected chi connectivity index (χ4v) is 4.32. The lowest BCUT2D eigenvalue weighted by molar-refractivity contribution is -0.122. The van der Waals surface area contributed by atoms with Gasteiger partial charge in [0.1, 0.15) is 11.9 Å². The highest BCUT2D eigenvalue weighted by atomic mass is 32.1. The molecular formula is C21H17FN2O2S. The van der Waals surface area contributed by atoms with E-state index in [1.54, 1.807) is 23.1 Å². The van der Waals surface area contributed by atoms with E-state index >= 15 is 0 Å². The summed E-state index contributed by atoms with van der Waals surface area (Å²) in [5, 5.41) is 0. The number of hydrogen-bond acceptors (Lipinski definition) is 3. The molecule has 4 rings (SSSR count). The van der Waals surface area contributed by atoms with E-state index in [1.165, 1.54) is 23.5 Å². The Hall–Kier alpha value is -2.99. The van der Waals surface area contributed by atoms with Crippen molar-refractivity contribution in [3.63, 3.8) is 0 Å². The van der Waals surface area contributed by atoms with Gasteiger partial charge < -0.3 is 10.6 Å². The maximum atomic E-state index is 13.1. The highest BCUT2D eigenvalue weighted by Crippen LogP contribution is 2.31. The average molecular weight is 380 g/mol. The first-order valence-corrected chi connectivity index (χ1v) is 9.37. The molecule has 0 aliphatic carbocycles. The van der Waals surface area contributed by atoms with Gasteiger partial charge in [-0.3, -0.25) is 9.59 Å². The Balaban J connectivity index is 1.63. The smallest absolute Gasteiger partial charge is 0.264 e. The monoisotopic (exact) mass is 380 g/mol. The first-order chi connectivity index (χ1) is 13.0. The predicted octanol–water partition coefficient (Wildman–Crippen LogP) is 3.61. The molecule has 1 aromatic heterocycles. The molecule has 1 atom stereocenters. The van der Waals surface area contributed by atoms with Crippen LogP contribution < -0.4 is 5.73 Å². The van der Waals surface area contributed by atoms with Crippen LogP contribution in [0.3, 0.4) is 0 Å². The van der Waals surface area contributed by atoms with Crippen LogP contribution in [0, 0.1) is 5.82 Å². The van der Waals surface area contributed by atoms with Gasteiger partial charge in [0, 0.05) is 17.8 Å². The third-order valence-corrected chi connectivity index (χ3v) is 5.91. The topological polar surface area (TPSA) is 63.4 Å². The molecule has 6 heteroatoms. The number of carbonyl (C=O) groups is 2. The average Bonchev–Trinajstić information content (AvgIpc) is 3.17. The number of nitrogens with two attached hydrogens (primary N) is 1. The summed E-state index contributed by atoms with van der Waals surface area (Å²) in [5.41, 5.74) is 8.49. The summed E-state index contributed by atoms with van der Waals surface area (Å²) in [4.78, 5) is 28.0. The third kappa shape index (κ3) is 3.36. The number of nitrogens with zero attached hydrogens (tertiary/aromatic N) is 1. The quantitative estimate of drug-likeness (QED) is 0.754. The lowest BCUT2D eigenvalue weighted by Crippen LogP contribution is -2.51. The predicted molar refractivity (Wildman–Crippen MR) is 103 cm³/mol. The Morgan fingerprint density at radius 1 is 1.00 bits per heavy atom. The van der Waals surface area contributed by atoms with Crippen molar-refractivity contribution in [3.05, 3.63) is 82.5 Å². The molecule has 0 bridgehead atoms. The summed E-state index contributed by atoms with van der Waals surface area (Å²) < 4.78 is 13.1. The van der Waals surface area contributed by atoms with Gasteiger partial charge in [-0.15, -0.1) is 11.3 Å². The number of primary amides is 1. The van der Waals surface area contributed by atoms with Crippen molar-refractivity contribution in [2.45, 2.75) is 19.0 Å². The minimum atomic E-state index is -0.663. The van der Waals surface area contributed by atoms with Crippen molar-refractivity contribution in [2.75, 3.05) is 0 Å². The molecule has 2 heterocycles. The number of amides is 2. The van der Waals surface area contributed by atoms with E-state index in [4.69, 9.17) is 5.73 Å². The second-order valence-corrected chi connectivity index (χ2v) is 7.58. The number of halogens is 1. The fraction of sp³-hybridized carbons (Fsp3) is 0.143. The van der Waals surface area contributed by atoms with Crippen molar-refractivity contribution < 1.29 is 14.0 Å². The summed E-state index contributed by atoms with van der Waals surface area (Å²) in [6.45, 7) is 0.354. The zero-order valence-electron chi connectivity index (χ0n) is 14.4. The van der Waals surface area contributed by atoms with E-state index in [2.05, 4.69) is 0 Å². The van der Waals surface area contributed by atoms with Crippen LogP contribution in [-0.4, -0.2) is 22.8 Å². The van der Waals surface area contributed by atoms with Gasteiger partial charge >= 0.3 is 0 Å². The maximum Gasteiger partial charge on any atom is 0.264 e. The van der Waals surface area contributed by atoms with Crippen molar-refractivity contribution in [1.29, 1.82) is 0 Å². The van der Waals surface area contributed by atoms with Crippen LogP contribution in [0.2, 0.25) is 0 Å². The molecule has 2 N–H and O–H groups in total. The summed E-state index contributed by atoms with van der Waals surface area (Å²) >= 11 is 1.32. The van der Waals surface area contributed by atoms with Crippen molar-refractivity contribution in [1.82, 2.24) is 4.90 Å². The molecule has 0 saturated carbocycles. The van der Waals surface area contributed by atoms with Crippen LogP contribution in [0.5, 0.6) is 0 Å². The molecule has 3 aromatic rings. The molecule has 2 aromatic carbocycles. The largest absolute Gasteiger partial charge is 0.368 e. The lowest BCUT2D eigenvalue weighted by atomic mass is 9.93. The van der Waals surface area contributed by atoms with Crippen molar-refractivity contribution in [2.24, 2.45) is 5.73 Å². The molecule has 136 valence electrons. The molecule has 0 radical (unpaired) electrons. The minimum Gasteiger partial charge on any atom is -0.368 e. The summed E-state index contributed by atoms with van der Waals surface area (Å²) in [6.07, 6.45) is 0.424. The molecule has 4 nitrogen and oxygen atoms in total. The van der Waals surface area contributed by atoms with Crippen LogP contribution in [0.4, 0.5) is 4.39 Å².